The summed E-state index contributed by atoms with van der Waals surface area (Å²) < 4.78 is 46.1. The zero-order valence-electron chi connectivity index (χ0n) is 16.1. The van der Waals surface area contributed by atoms with Crippen molar-refractivity contribution < 1.29 is 17.5 Å². The Morgan fingerprint density at radius 2 is 1.72 bits per heavy atom. The van der Waals surface area contributed by atoms with Crippen LogP contribution in [0.15, 0.2) is 66.7 Å². The summed E-state index contributed by atoms with van der Waals surface area (Å²) in [5.41, 5.74) is 5.67. The number of hydrogen-bond donors (Lipinski definition) is 1. The number of halogens is 1. The van der Waals surface area contributed by atoms with Crippen LogP contribution in [0.25, 0.3) is 11.1 Å². The van der Waals surface area contributed by atoms with Crippen LogP contribution in [0.2, 0.25) is 0 Å². The SMILES string of the molecule is CC(=C1c2ccccc2COc2c(F)cccc21)c1cccc(NS(C)(=O)=O)c1. The molecule has 6 heteroatoms. The van der Waals surface area contributed by atoms with Gasteiger partial charge in [0.15, 0.2) is 11.6 Å². The molecule has 29 heavy (non-hydrogen) atoms. The van der Waals surface area contributed by atoms with E-state index in [9.17, 15) is 12.8 Å². The number of benzene rings is 3. The lowest BCUT2D eigenvalue weighted by Gasteiger charge is -2.16. The predicted molar refractivity (Wildman–Crippen MR) is 114 cm³/mol. The van der Waals surface area contributed by atoms with E-state index in [1.54, 1.807) is 24.3 Å². The second kappa shape index (κ2) is 7.37. The summed E-state index contributed by atoms with van der Waals surface area (Å²) in [7, 11) is -3.39. The summed E-state index contributed by atoms with van der Waals surface area (Å²) in [5.74, 6) is -0.184. The number of anilines is 1. The standard InChI is InChI=1S/C23H20FNO3S/c1-15(16-8-5-9-18(13-16)25-29(2,26)27)22-19-10-4-3-7-17(19)14-28-23-20(22)11-6-12-21(23)24/h3-13,25H,14H2,1-2H3. The molecule has 0 saturated carbocycles. The van der Waals surface area contributed by atoms with Gasteiger partial charge in [0.1, 0.15) is 6.61 Å². The van der Waals surface area contributed by atoms with Gasteiger partial charge >= 0.3 is 0 Å². The van der Waals surface area contributed by atoms with Gasteiger partial charge in [-0.3, -0.25) is 4.72 Å². The third kappa shape index (κ3) is 3.89. The number of allylic oxidation sites excluding steroid dienone is 1. The monoisotopic (exact) mass is 409 g/mol. The Morgan fingerprint density at radius 3 is 2.52 bits per heavy atom. The smallest absolute Gasteiger partial charge is 0.229 e. The fraction of sp³-hybridized carbons (Fsp3) is 0.130. The molecule has 0 unspecified atom stereocenters. The quantitative estimate of drug-likeness (QED) is 0.657. The molecule has 148 valence electrons. The second-order valence-electron chi connectivity index (χ2n) is 7.02. The van der Waals surface area contributed by atoms with Gasteiger partial charge in [-0.1, -0.05) is 48.5 Å². The zero-order valence-corrected chi connectivity index (χ0v) is 16.9. The number of nitrogens with one attached hydrogen (secondary N) is 1. The summed E-state index contributed by atoms with van der Waals surface area (Å²) in [5, 5.41) is 0. The summed E-state index contributed by atoms with van der Waals surface area (Å²) in [6.45, 7) is 2.22. The van der Waals surface area contributed by atoms with Gasteiger partial charge < -0.3 is 4.74 Å². The van der Waals surface area contributed by atoms with E-state index >= 15 is 0 Å². The largest absolute Gasteiger partial charge is 0.485 e. The van der Waals surface area contributed by atoms with Crippen molar-refractivity contribution >= 4 is 26.9 Å². The molecular weight excluding hydrogens is 389 g/mol. The Labute approximate surface area is 169 Å². The molecule has 4 rings (SSSR count). The molecule has 1 N–H and O–H groups in total. The summed E-state index contributed by atoms with van der Waals surface area (Å²) in [6.07, 6.45) is 1.11. The molecule has 3 aromatic rings. The summed E-state index contributed by atoms with van der Waals surface area (Å²) >= 11 is 0. The highest BCUT2D eigenvalue weighted by Crippen LogP contribution is 2.42. The van der Waals surface area contributed by atoms with Crippen LogP contribution in [0.1, 0.15) is 29.2 Å². The predicted octanol–water partition coefficient (Wildman–Crippen LogP) is 5.07. The first-order chi connectivity index (χ1) is 13.8. The third-order valence-electron chi connectivity index (χ3n) is 4.87. The highest BCUT2D eigenvalue weighted by Gasteiger charge is 2.23. The molecule has 1 aliphatic heterocycles. The minimum Gasteiger partial charge on any atom is -0.485 e. The van der Waals surface area contributed by atoms with E-state index in [4.69, 9.17) is 4.74 Å². The van der Waals surface area contributed by atoms with Crippen molar-refractivity contribution in [3.05, 3.63) is 94.8 Å². The molecule has 0 saturated heterocycles. The Morgan fingerprint density at radius 1 is 1.00 bits per heavy atom. The van der Waals surface area contributed by atoms with Crippen LogP contribution in [-0.4, -0.2) is 14.7 Å². The summed E-state index contributed by atoms with van der Waals surface area (Å²) in [4.78, 5) is 0. The van der Waals surface area contributed by atoms with Gasteiger partial charge in [-0.2, -0.15) is 0 Å². The molecule has 1 aliphatic rings. The molecule has 4 nitrogen and oxygen atoms in total. The van der Waals surface area contributed by atoms with Gasteiger partial charge in [0.2, 0.25) is 10.0 Å². The average molecular weight is 409 g/mol. The number of fused-ring (bicyclic) bond motifs is 2. The molecular formula is C23H20FNO3S. The molecule has 0 bridgehead atoms. The Bertz CT molecular complexity index is 1230. The van der Waals surface area contributed by atoms with Gasteiger partial charge in [0.05, 0.1) is 6.26 Å². The zero-order chi connectivity index (χ0) is 20.6. The first kappa shape index (κ1) is 19.2. The minimum atomic E-state index is -3.39. The Hall–Kier alpha value is -3.12. The van der Waals surface area contributed by atoms with Crippen molar-refractivity contribution in [3.8, 4) is 5.75 Å². The Balaban J connectivity index is 1.97. The molecule has 1 heterocycles. The normalized spacial score (nSPS) is 14.9. The van der Waals surface area contributed by atoms with Crippen molar-refractivity contribution in [1.82, 2.24) is 0 Å². The fourth-order valence-corrected chi connectivity index (χ4v) is 4.17. The van der Waals surface area contributed by atoms with Crippen molar-refractivity contribution in [1.29, 1.82) is 0 Å². The van der Waals surface area contributed by atoms with Gasteiger partial charge in [-0.15, -0.1) is 0 Å². The first-order valence-electron chi connectivity index (χ1n) is 9.12. The average Bonchev–Trinajstić information content (AvgIpc) is 2.84. The fourth-order valence-electron chi connectivity index (χ4n) is 3.62. The van der Waals surface area contributed by atoms with E-state index in [1.807, 2.05) is 43.3 Å². The number of rotatable bonds is 3. The van der Waals surface area contributed by atoms with Crippen LogP contribution in [-0.2, 0) is 16.6 Å². The van der Waals surface area contributed by atoms with Crippen LogP contribution in [0.4, 0.5) is 10.1 Å². The lowest BCUT2D eigenvalue weighted by atomic mass is 9.88. The van der Waals surface area contributed by atoms with Crippen LogP contribution in [0.5, 0.6) is 5.75 Å². The van der Waals surface area contributed by atoms with Gasteiger partial charge in [-0.25, -0.2) is 12.8 Å². The molecule has 0 fully saturated rings. The van der Waals surface area contributed by atoms with Gasteiger partial charge in [-0.05, 0) is 53.0 Å². The van der Waals surface area contributed by atoms with Crippen molar-refractivity contribution in [3.63, 3.8) is 0 Å². The van der Waals surface area contributed by atoms with E-state index in [1.165, 1.54) is 6.07 Å². The lowest BCUT2D eigenvalue weighted by molar-refractivity contribution is 0.291. The lowest BCUT2D eigenvalue weighted by Crippen LogP contribution is -2.09. The van der Waals surface area contributed by atoms with E-state index in [0.717, 1.165) is 34.1 Å². The second-order valence-corrected chi connectivity index (χ2v) is 8.77. The van der Waals surface area contributed by atoms with E-state index in [0.29, 0.717) is 11.3 Å². The maximum atomic E-state index is 14.5. The van der Waals surface area contributed by atoms with Crippen molar-refractivity contribution in [2.75, 3.05) is 11.0 Å². The number of ether oxygens (including phenoxy) is 1. The topological polar surface area (TPSA) is 55.4 Å². The van der Waals surface area contributed by atoms with Crippen LogP contribution in [0.3, 0.4) is 0 Å². The third-order valence-corrected chi connectivity index (χ3v) is 5.48. The maximum Gasteiger partial charge on any atom is 0.229 e. The molecule has 0 amide bonds. The number of hydrogen-bond acceptors (Lipinski definition) is 3. The van der Waals surface area contributed by atoms with Crippen molar-refractivity contribution in [2.45, 2.75) is 13.5 Å². The van der Waals surface area contributed by atoms with Crippen molar-refractivity contribution in [2.24, 2.45) is 0 Å². The molecule has 0 atom stereocenters. The maximum absolute atomic E-state index is 14.5. The molecule has 0 radical (unpaired) electrons. The molecule has 0 aromatic heterocycles. The van der Waals surface area contributed by atoms with Crippen LogP contribution < -0.4 is 9.46 Å². The van der Waals surface area contributed by atoms with Gasteiger partial charge in [0.25, 0.3) is 0 Å². The molecule has 0 aliphatic carbocycles. The minimum absolute atomic E-state index is 0.225. The van der Waals surface area contributed by atoms with E-state index in [2.05, 4.69) is 4.72 Å². The first-order valence-corrected chi connectivity index (χ1v) is 11.0. The highest BCUT2D eigenvalue weighted by atomic mass is 32.2. The number of para-hydroxylation sites is 1. The number of sulfonamides is 1. The Kier molecular flexibility index (Phi) is 4.88. The molecule has 3 aromatic carbocycles. The van der Waals surface area contributed by atoms with E-state index in [-0.39, 0.29) is 12.4 Å². The van der Waals surface area contributed by atoms with Crippen LogP contribution in [0, 0.1) is 5.82 Å². The molecule has 0 spiro atoms. The van der Waals surface area contributed by atoms with Gasteiger partial charge in [0, 0.05) is 11.3 Å². The van der Waals surface area contributed by atoms with E-state index < -0.39 is 15.8 Å². The van der Waals surface area contributed by atoms with Crippen LogP contribution >= 0.6 is 0 Å². The highest BCUT2D eigenvalue weighted by molar-refractivity contribution is 7.92. The summed E-state index contributed by atoms with van der Waals surface area (Å²) in [6, 6.07) is 19.9.